The van der Waals surface area contributed by atoms with Gasteiger partial charge in [0.2, 0.25) is 0 Å². The predicted octanol–water partition coefficient (Wildman–Crippen LogP) is 4.45. The maximum absolute atomic E-state index is 5.96. The third-order valence-corrected chi connectivity index (χ3v) is 5.11. The van der Waals surface area contributed by atoms with Crippen LogP contribution in [-0.2, 0) is 0 Å². The number of fused-ring (bicyclic) bond motifs is 2. The van der Waals surface area contributed by atoms with Gasteiger partial charge in [0.1, 0.15) is 23.7 Å². The van der Waals surface area contributed by atoms with Gasteiger partial charge in [0, 0.05) is 13.1 Å². The number of hydrogen-bond donors (Lipinski definition) is 0. The van der Waals surface area contributed by atoms with E-state index in [0.717, 1.165) is 49.1 Å². The first-order chi connectivity index (χ1) is 13.8. The molecule has 2 aliphatic heterocycles. The Bertz CT molecular complexity index is 805. The molecular formula is C24H26N2O2. The van der Waals surface area contributed by atoms with Crippen molar-refractivity contribution in [1.82, 2.24) is 0 Å². The number of hydrogen-bond acceptors (Lipinski definition) is 4. The van der Waals surface area contributed by atoms with Crippen molar-refractivity contribution in [2.75, 3.05) is 36.0 Å². The average molecular weight is 374 g/mol. The lowest BCUT2D eigenvalue weighted by molar-refractivity contribution is 0.240. The van der Waals surface area contributed by atoms with Crippen molar-refractivity contribution in [2.24, 2.45) is 0 Å². The van der Waals surface area contributed by atoms with Crippen LogP contribution in [0.2, 0.25) is 0 Å². The smallest absolute Gasteiger partial charge is 0.143 e. The minimum atomic E-state index is 0.0165. The molecule has 2 atom stereocenters. The second kappa shape index (κ2) is 8.26. The van der Waals surface area contributed by atoms with E-state index in [1.165, 1.54) is 0 Å². The van der Waals surface area contributed by atoms with Crippen molar-refractivity contribution in [3.63, 3.8) is 0 Å². The molecule has 144 valence electrons. The van der Waals surface area contributed by atoms with Crippen LogP contribution in [-0.4, -0.2) is 38.4 Å². The van der Waals surface area contributed by atoms with E-state index >= 15 is 0 Å². The van der Waals surface area contributed by atoms with Crippen molar-refractivity contribution in [3.05, 3.63) is 86.0 Å². The highest BCUT2D eigenvalue weighted by atomic mass is 16.5. The highest BCUT2D eigenvalue weighted by molar-refractivity contribution is 5.62. The largest absolute Gasteiger partial charge is 0.482 e. The Morgan fingerprint density at radius 2 is 1.18 bits per heavy atom. The fraction of sp³-hybridized carbons (Fsp3) is 0.250. The summed E-state index contributed by atoms with van der Waals surface area (Å²) in [5.74, 6) is 1.84. The van der Waals surface area contributed by atoms with Crippen LogP contribution in [0.3, 0.4) is 0 Å². The first-order valence-corrected chi connectivity index (χ1v) is 9.70. The van der Waals surface area contributed by atoms with Crippen LogP contribution in [0.15, 0.2) is 86.0 Å². The zero-order valence-corrected chi connectivity index (χ0v) is 16.0. The molecular weight excluding hydrogens is 348 g/mol. The van der Waals surface area contributed by atoms with Gasteiger partial charge in [-0.05, 0) is 36.4 Å². The van der Waals surface area contributed by atoms with Gasteiger partial charge in [0.25, 0.3) is 0 Å². The van der Waals surface area contributed by atoms with E-state index in [4.69, 9.17) is 9.47 Å². The molecule has 0 spiro atoms. The monoisotopic (exact) mass is 374 g/mol. The molecule has 0 fully saturated rings. The van der Waals surface area contributed by atoms with Gasteiger partial charge in [-0.1, -0.05) is 49.6 Å². The third-order valence-electron chi connectivity index (χ3n) is 5.11. The highest BCUT2D eigenvalue weighted by Crippen LogP contribution is 2.34. The van der Waals surface area contributed by atoms with Crippen LogP contribution in [0.4, 0.5) is 11.4 Å². The first kappa shape index (κ1) is 18.2. The van der Waals surface area contributed by atoms with Crippen LogP contribution in [0, 0.1) is 0 Å². The molecule has 0 aromatic heterocycles. The van der Waals surface area contributed by atoms with Gasteiger partial charge in [0.15, 0.2) is 0 Å². The molecule has 2 heterocycles. The molecule has 4 heteroatoms. The van der Waals surface area contributed by atoms with E-state index in [1.54, 1.807) is 0 Å². The quantitative estimate of drug-likeness (QED) is 0.698. The molecule has 0 N–H and O–H groups in total. The number of anilines is 2. The van der Waals surface area contributed by atoms with E-state index in [0.29, 0.717) is 0 Å². The second-order valence-corrected chi connectivity index (χ2v) is 7.00. The van der Waals surface area contributed by atoms with Gasteiger partial charge >= 0.3 is 0 Å². The molecule has 4 nitrogen and oxygen atoms in total. The number of rotatable bonds is 6. The molecule has 4 rings (SSSR count). The summed E-state index contributed by atoms with van der Waals surface area (Å²) in [6, 6.07) is 16.4. The summed E-state index contributed by atoms with van der Waals surface area (Å²) in [6.07, 6.45) is 8.22. The Hall–Kier alpha value is -3.14. The van der Waals surface area contributed by atoms with Crippen LogP contribution in [0.1, 0.15) is 0 Å². The Kier molecular flexibility index (Phi) is 5.38. The molecule has 2 aromatic rings. The molecule has 0 saturated carbocycles. The Labute approximate surface area is 167 Å². The zero-order chi connectivity index (χ0) is 19.3. The van der Waals surface area contributed by atoms with Gasteiger partial charge in [-0.15, -0.1) is 0 Å². The van der Waals surface area contributed by atoms with Crippen LogP contribution in [0.25, 0.3) is 0 Å². The average Bonchev–Trinajstić information content (AvgIpc) is 2.76. The number of para-hydroxylation sites is 4. The van der Waals surface area contributed by atoms with Gasteiger partial charge in [-0.25, -0.2) is 0 Å². The zero-order valence-electron chi connectivity index (χ0n) is 16.0. The summed E-state index contributed by atoms with van der Waals surface area (Å²) in [6.45, 7) is 11.1. The molecule has 2 unspecified atom stereocenters. The number of nitrogens with zero attached hydrogens (tertiary/aromatic N) is 2. The van der Waals surface area contributed by atoms with E-state index in [1.807, 2.05) is 48.6 Å². The lowest BCUT2D eigenvalue weighted by atomic mass is 10.1. The minimum Gasteiger partial charge on any atom is -0.482 e. The molecule has 2 aliphatic rings. The van der Waals surface area contributed by atoms with Gasteiger partial charge in [-0.2, -0.15) is 0 Å². The molecule has 0 radical (unpaired) electrons. The van der Waals surface area contributed by atoms with Crippen LogP contribution >= 0.6 is 0 Å². The lowest BCUT2D eigenvalue weighted by Gasteiger charge is -2.35. The van der Waals surface area contributed by atoms with Gasteiger partial charge in [0.05, 0.1) is 24.5 Å². The number of ether oxygens (including phenoxy) is 2. The summed E-state index contributed by atoms with van der Waals surface area (Å²) < 4.78 is 11.9. The second-order valence-electron chi connectivity index (χ2n) is 7.00. The summed E-state index contributed by atoms with van der Waals surface area (Å²) >= 11 is 0. The third kappa shape index (κ3) is 3.77. The van der Waals surface area contributed by atoms with Crippen LogP contribution in [0.5, 0.6) is 11.5 Å². The molecule has 0 bridgehead atoms. The first-order valence-electron chi connectivity index (χ1n) is 9.70. The number of benzene rings is 2. The van der Waals surface area contributed by atoms with Crippen molar-refractivity contribution < 1.29 is 9.47 Å². The minimum absolute atomic E-state index is 0.0165. The predicted molar refractivity (Wildman–Crippen MR) is 116 cm³/mol. The van der Waals surface area contributed by atoms with E-state index in [9.17, 15) is 0 Å². The fourth-order valence-electron chi connectivity index (χ4n) is 3.66. The topological polar surface area (TPSA) is 24.9 Å². The highest BCUT2D eigenvalue weighted by Gasteiger charge is 2.24. The summed E-state index contributed by atoms with van der Waals surface area (Å²) in [5, 5.41) is 0. The van der Waals surface area contributed by atoms with Crippen LogP contribution < -0.4 is 19.3 Å². The summed E-state index contributed by atoms with van der Waals surface area (Å²) in [7, 11) is 0. The summed E-state index contributed by atoms with van der Waals surface area (Å²) in [4.78, 5) is 4.67. The van der Waals surface area contributed by atoms with E-state index in [-0.39, 0.29) is 12.2 Å². The Balaban J connectivity index is 1.43. The molecule has 2 aromatic carbocycles. The SMILES string of the molecule is C=CC1CN(C/C=C/CN2CC(C=C)Oc3ccccc32)c2ccccc2O1. The lowest BCUT2D eigenvalue weighted by Crippen LogP contribution is -2.39. The Morgan fingerprint density at radius 3 is 1.61 bits per heavy atom. The maximum Gasteiger partial charge on any atom is 0.143 e. The normalized spacial score (nSPS) is 20.7. The fourth-order valence-corrected chi connectivity index (χ4v) is 3.66. The summed E-state index contributed by atoms with van der Waals surface area (Å²) in [5.41, 5.74) is 2.27. The van der Waals surface area contributed by atoms with Crippen molar-refractivity contribution >= 4 is 11.4 Å². The van der Waals surface area contributed by atoms with Crippen molar-refractivity contribution in [3.8, 4) is 11.5 Å². The Morgan fingerprint density at radius 1 is 0.750 bits per heavy atom. The van der Waals surface area contributed by atoms with Gasteiger partial charge < -0.3 is 19.3 Å². The molecule has 28 heavy (non-hydrogen) atoms. The van der Waals surface area contributed by atoms with Crippen molar-refractivity contribution in [2.45, 2.75) is 12.2 Å². The van der Waals surface area contributed by atoms with E-state index in [2.05, 4.69) is 47.2 Å². The van der Waals surface area contributed by atoms with Crippen molar-refractivity contribution in [1.29, 1.82) is 0 Å². The van der Waals surface area contributed by atoms with E-state index < -0.39 is 0 Å². The molecule has 0 amide bonds. The molecule has 0 saturated heterocycles. The van der Waals surface area contributed by atoms with Gasteiger partial charge in [-0.3, -0.25) is 0 Å². The molecule has 0 aliphatic carbocycles. The standard InChI is InChI=1S/C24H26N2O2/c1-3-19-17-25(21-11-5-7-13-23(21)27-19)15-9-10-16-26-18-20(4-2)28-24-14-8-6-12-22(24)26/h3-14,19-20H,1-2,15-18H2/b10-9+. The maximum atomic E-state index is 5.96.